The molecular weight excluding hydrogens is 240 g/mol. The van der Waals surface area contributed by atoms with Crippen LogP contribution in [0, 0.1) is 0 Å². The molecule has 18 heavy (non-hydrogen) atoms. The molecule has 0 aromatic heterocycles. The standard InChI is InChI=1S/C12H22O6/c13-9(5-1-3-7-11(15)16)10(14)6-2-4-8-12(17)18/h9-10,13-14H,1-8H2,(H,15,16)(H,17,18). The largest absolute Gasteiger partial charge is 0.481 e. The maximum atomic E-state index is 10.2. The molecule has 0 aliphatic heterocycles. The molecule has 4 N–H and O–H groups in total. The lowest BCUT2D eigenvalue weighted by Crippen LogP contribution is -2.25. The fraction of sp³-hybridized carbons (Fsp3) is 0.833. The van der Waals surface area contributed by atoms with Gasteiger partial charge in [-0.25, -0.2) is 0 Å². The summed E-state index contributed by atoms with van der Waals surface area (Å²) in [6.45, 7) is 0. The van der Waals surface area contributed by atoms with Gasteiger partial charge in [0.25, 0.3) is 0 Å². The van der Waals surface area contributed by atoms with Crippen LogP contribution in [0.5, 0.6) is 0 Å². The molecule has 0 aromatic carbocycles. The fourth-order valence-electron chi connectivity index (χ4n) is 1.64. The van der Waals surface area contributed by atoms with Crippen molar-refractivity contribution in [1.82, 2.24) is 0 Å². The lowest BCUT2D eigenvalue weighted by atomic mass is 10.0. The van der Waals surface area contributed by atoms with Crippen LogP contribution in [0.4, 0.5) is 0 Å². The van der Waals surface area contributed by atoms with Gasteiger partial charge in [0.2, 0.25) is 0 Å². The average molecular weight is 262 g/mol. The summed E-state index contributed by atoms with van der Waals surface area (Å²) in [5.74, 6) is -1.72. The highest BCUT2D eigenvalue weighted by molar-refractivity contribution is 5.66. The van der Waals surface area contributed by atoms with Gasteiger partial charge in [0, 0.05) is 12.8 Å². The summed E-state index contributed by atoms with van der Waals surface area (Å²) in [5, 5.41) is 36.0. The molecule has 6 heteroatoms. The number of rotatable bonds is 11. The van der Waals surface area contributed by atoms with E-state index in [4.69, 9.17) is 10.2 Å². The van der Waals surface area contributed by atoms with Crippen LogP contribution in [0.15, 0.2) is 0 Å². The van der Waals surface area contributed by atoms with Gasteiger partial charge in [-0.2, -0.15) is 0 Å². The molecule has 0 spiro atoms. The molecule has 0 heterocycles. The Labute approximate surface area is 106 Å². The van der Waals surface area contributed by atoms with E-state index < -0.39 is 24.1 Å². The number of aliphatic hydroxyl groups is 2. The van der Waals surface area contributed by atoms with Gasteiger partial charge >= 0.3 is 11.9 Å². The fourth-order valence-corrected chi connectivity index (χ4v) is 1.64. The predicted octanol–water partition coefficient (Wildman–Crippen LogP) is 0.998. The highest BCUT2D eigenvalue weighted by atomic mass is 16.4. The first-order valence-electron chi connectivity index (χ1n) is 6.23. The minimum Gasteiger partial charge on any atom is -0.481 e. The summed E-state index contributed by atoms with van der Waals surface area (Å²) in [4.78, 5) is 20.5. The van der Waals surface area contributed by atoms with E-state index in [1.165, 1.54) is 0 Å². The Morgan fingerprint density at radius 3 is 1.33 bits per heavy atom. The van der Waals surface area contributed by atoms with Crippen LogP contribution in [0.1, 0.15) is 51.4 Å². The van der Waals surface area contributed by atoms with Crippen LogP contribution in [0.2, 0.25) is 0 Å². The molecule has 0 aliphatic rings. The molecule has 106 valence electrons. The molecule has 0 aromatic rings. The normalized spacial score (nSPS) is 14.1. The summed E-state index contributed by atoms with van der Waals surface area (Å²) >= 11 is 0. The number of carbonyl (C=O) groups is 2. The lowest BCUT2D eigenvalue weighted by Gasteiger charge is -2.17. The molecule has 0 radical (unpaired) electrons. The van der Waals surface area contributed by atoms with Crippen molar-refractivity contribution in [2.45, 2.75) is 63.6 Å². The second-order valence-corrected chi connectivity index (χ2v) is 4.41. The Bertz CT molecular complexity index is 227. The molecule has 2 atom stereocenters. The van der Waals surface area contributed by atoms with Crippen molar-refractivity contribution in [3.8, 4) is 0 Å². The Balaban J connectivity index is 3.53. The van der Waals surface area contributed by atoms with Crippen molar-refractivity contribution in [1.29, 1.82) is 0 Å². The van der Waals surface area contributed by atoms with E-state index in [-0.39, 0.29) is 12.8 Å². The van der Waals surface area contributed by atoms with Crippen LogP contribution >= 0.6 is 0 Å². The number of unbranched alkanes of at least 4 members (excludes halogenated alkanes) is 2. The minimum atomic E-state index is -0.862. The third-order valence-electron chi connectivity index (χ3n) is 2.73. The number of hydrogen-bond acceptors (Lipinski definition) is 4. The SMILES string of the molecule is O=C(O)CCCCC(O)C(O)CCCCC(=O)O. The van der Waals surface area contributed by atoms with Gasteiger partial charge in [-0.05, 0) is 25.7 Å². The van der Waals surface area contributed by atoms with Crippen molar-refractivity contribution in [2.75, 3.05) is 0 Å². The molecule has 0 rings (SSSR count). The van der Waals surface area contributed by atoms with Gasteiger partial charge < -0.3 is 20.4 Å². The molecule has 0 fully saturated rings. The van der Waals surface area contributed by atoms with E-state index in [9.17, 15) is 19.8 Å². The van der Waals surface area contributed by atoms with Crippen LogP contribution in [-0.4, -0.2) is 44.6 Å². The summed E-state index contributed by atoms with van der Waals surface area (Å²) in [6, 6.07) is 0. The number of hydrogen-bond donors (Lipinski definition) is 4. The van der Waals surface area contributed by atoms with Gasteiger partial charge in [-0.15, -0.1) is 0 Å². The highest BCUT2D eigenvalue weighted by Crippen LogP contribution is 2.12. The number of carboxylic acids is 2. The zero-order valence-corrected chi connectivity index (χ0v) is 10.4. The van der Waals surface area contributed by atoms with E-state index in [0.717, 1.165) is 0 Å². The quantitative estimate of drug-likeness (QED) is 0.413. The Morgan fingerprint density at radius 1 is 0.722 bits per heavy atom. The first kappa shape index (κ1) is 16.9. The average Bonchev–Trinajstić information content (AvgIpc) is 2.29. The molecule has 0 amide bonds. The van der Waals surface area contributed by atoms with Gasteiger partial charge in [0.05, 0.1) is 12.2 Å². The summed E-state index contributed by atoms with van der Waals surface area (Å²) in [6.07, 6.45) is 1.24. The maximum absolute atomic E-state index is 10.2. The summed E-state index contributed by atoms with van der Waals surface area (Å²) in [7, 11) is 0. The Hall–Kier alpha value is -1.14. The maximum Gasteiger partial charge on any atom is 0.303 e. The van der Waals surface area contributed by atoms with Crippen molar-refractivity contribution >= 4 is 11.9 Å². The van der Waals surface area contributed by atoms with Crippen LogP contribution in [0.25, 0.3) is 0 Å². The van der Waals surface area contributed by atoms with Gasteiger partial charge in [-0.3, -0.25) is 9.59 Å². The first-order valence-corrected chi connectivity index (χ1v) is 6.23. The molecule has 2 unspecified atom stereocenters. The Morgan fingerprint density at radius 2 is 1.06 bits per heavy atom. The van der Waals surface area contributed by atoms with E-state index in [2.05, 4.69) is 0 Å². The molecule has 0 saturated carbocycles. The summed E-state index contributed by atoms with van der Waals surface area (Å²) < 4.78 is 0. The summed E-state index contributed by atoms with van der Waals surface area (Å²) in [5.41, 5.74) is 0. The smallest absolute Gasteiger partial charge is 0.303 e. The number of aliphatic carboxylic acids is 2. The van der Waals surface area contributed by atoms with Crippen LogP contribution in [-0.2, 0) is 9.59 Å². The molecule has 6 nitrogen and oxygen atoms in total. The zero-order valence-electron chi connectivity index (χ0n) is 10.4. The third kappa shape index (κ3) is 10.0. The first-order chi connectivity index (χ1) is 8.43. The third-order valence-corrected chi connectivity index (χ3v) is 2.73. The van der Waals surface area contributed by atoms with Crippen molar-refractivity contribution in [2.24, 2.45) is 0 Å². The number of aliphatic hydroxyl groups excluding tert-OH is 2. The van der Waals surface area contributed by atoms with E-state index in [1.54, 1.807) is 0 Å². The van der Waals surface area contributed by atoms with Crippen molar-refractivity contribution in [3.05, 3.63) is 0 Å². The number of carboxylic acid groups (broad SMARTS) is 2. The second kappa shape index (κ2) is 9.85. The Kier molecular flexibility index (Phi) is 9.22. The molecular formula is C12H22O6. The molecule has 0 aliphatic carbocycles. The second-order valence-electron chi connectivity index (χ2n) is 4.41. The minimum absolute atomic E-state index is 0.0709. The van der Waals surface area contributed by atoms with Crippen LogP contribution < -0.4 is 0 Å². The molecule has 0 bridgehead atoms. The molecule has 0 saturated heterocycles. The van der Waals surface area contributed by atoms with Crippen LogP contribution in [0.3, 0.4) is 0 Å². The highest BCUT2D eigenvalue weighted by Gasteiger charge is 2.15. The monoisotopic (exact) mass is 262 g/mol. The van der Waals surface area contributed by atoms with E-state index >= 15 is 0 Å². The van der Waals surface area contributed by atoms with Crippen molar-refractivity contribution in [3.63, 3.8) is 0 Å². The van der Waals surface area contributed by atoms with Gasteiger partial charge in [0.15, 0.2) is 0 Å². The topological polar surface area (TPSA) is 115 Å². The van der Waals surface area contributed by atoms with Gasteiger partial charge in [0.1, 0.15) is 0 Å². The van der Waals surface area contributed by atoms with Crippen molar-refractivity contribution < 1.29 is 30.0 Å². The van der Waals surface area contributed by atoms with E-state index in [0.29, 0.717) is 38.5 Å². The van der Waals surface area contributed by atoms with E-state index in [1.807, 2.05) is 0 Å². The zero-order chi connectivity index (χ0) is 14.0. The predicted molar refractivity (Wildman–Crippen MR) is 64.2 cm³/mol. The van der Waals surface area contributed by atoms with Gasteiger partial charge in [-0.1, -0.05) is 12.8 Å². The lowest BCUT2D eigenvalue weighted by molar-refractivity contribution is -0.138.